The monoisotopic (exact) mass is 458 g/mol. The predicted molar refractivity (Wildman–Crippen MR) is 104 cm³/mol. The minimum Gasteiger partial charge on any atom is -0.458 e. The number of rotatable bonds is 7. The summed E-state index contributed by atoms with van der Waals surface area (Å²) < 4.78 is 22.9. The molecule has 2 unspecified atom stereocenters. The summed E-state index contributed by atoms with van der Waals surface area (Å²) in [5.41, 5.74) is 0. The van der Waals surface area contributed by atoms with E-state index in [2.05, 4.69) is 21.0 Å². The van der Waals surface area contributed by atoms with Gasteiger partial charge in [-0.25, -0.2) is 0 Å². The topological polar surface area (TPSA) is 185 Å². The summed E-state index contributed by atoms with van der Waals surface area (Å²) in [4.78, 5) is 47.8. The van der Waals surface area contributed by atoms with Crippen LogP contribution < -0.4 is 21.3 Å². The molecule has 1 aromatic heterocycles. The van der Waals surface area contributed by atoms with Crippen molar-refractivity contribution >= 4 is 35.0 Å². The van der Waals surface area contributed by atoms with Crippen LogP contribution in [0, 0.1) is 0 Å². The molecular formula is C16H22N6O8S. The van der Waals surface area contributed by atoms with E-state index in [0.717, 1.165) is 0 Å². The minimum atomic E-state index is -1.09. The van der Waals surface area contributed by atoms with Gasteiger partial charge in [0.2, 0.25) is 6.29 Å². The van der Waals surface area contributed by atoms with E-state index in [-0.39, 0.29) is 23.7 Å². The number of methoxy groups -OCH3 is 1. The summed E-state index contributed by atoms with van der Waals surface area (Å²) in [5, 5.41) is 12.1. The fraction of sp³-hybridized carbons (Fsp3) is 0.625. The fourth-order valence-corrected chi connectivity index (χ4v) is 4.31. The number of thiazole rings is 1. The van der Waals surface area contributed by atoms with Gasteiger partial charge in [-0.1, -0.05) is 16.6 Å². The summed E-state index contributed by atoms with van der Waals surface area (Å²) in [6.45, 7) is 2.49. The van der Waals surface area contributed by atoms with Gasteiger partial charge in [0, 0.05) is 27.4 Å². The third-order valence-electron chi connectivity index (χ3n) is 4.50. The van der Waals surface area contributed by atoms with Crippen LogP contribution in [0.4, 0.5) is 5.82 Å². The number of carbonyl (C=O) groups is 3. The number of anilines is 1. The molecule has 14 nitrogen and oxygen atoms in total. The number of nitrogens with two attached hydrogens (primary N) is 1. The van der Waals surface area contributed by atoms with Crippen LogP contribution in [0.2, 0.25) is 0 Å². The standard InChI is InChI=1S/C16H22N6O8S/c1-6(23)28-9-4-8(10(5-27-3)29-7(2)24)30-14(9)22-12-11(31-16(22)26)13(25)19-15(18-12)20-21-17/h8-10,14-15,18H,4-5H2,1-3H3,(H2,17,20)(H,19,25)/t8-,9+,10?,14+,15?/m0/s1. The van der Waals surface area contributed by atoms with Gasteiger partial charge in [-0.05, 0) is 0 Å². The third-order valence-corrected chi connectivity index (χ3v) is 5.46. The lowest BCUT2D eigenvalue weighted by Gasteiger charge is -2.26. The van der Waals surface area contributed by atoms with E-state index in [9.17, 15) is 19.2 Å². The van der Waals surface area contributed by atoms with Crippen LogP contribution in [0.15, 0.2) is 15.1 Å². The quantitative estimate of drug-likeness (QED) is 0.208. The molecule has 31 heavy (non-hydrogen) atoms. The van der Waals surface area contributed by atoms with Crippen molar-refractivity contribution in [1.29, 1.82) is 0 Å². The number of amides is 1. The van der Waals surface area contributed by atoms with Gasteiger partial charge in [0.1, 0.15) is 22.9 Å². The molecule has 1 fully saturated rings. The van der Waals surface area contributed by atoms with Crippen LogP contribution in [0.5, 0.6) is 0 Å². The molecular weight excluding hydrogens is 436 g/mol. The molecule has 1 amide bonds. The zero-order valence-electron chi connectivity index (χ0n) is 16.9. The van der Waals surface area contributed by atoms with Crippen LogP contribution >= 0.6 is 11.3 Å². The van der Waals surface area contributed by atoms with Crippen molar-refractivity contribution < 1.29 is 33.3 Å². The molecule has 0 spiro atoms. The van der Waals surface area contributed by atoms with Crippen LogP contribution in [0.1, 0.15) is 36.2 Å². The number of nitrogens with zero attached hydrogens (tertiary/aromatic N) is 3. The van der Waals surface area contributed by atoms with Gasteiger partial charge in [-0.2, -0.15) is 0 Å². The average Bonchev–Trinajstić information content (AvgIpc) is 3.21. The van der Waals surface area contributed by atoms with E-state index in [1.165, 1.54) is 25.5 Å². The zero-order valence-corrected chi connectivity index (χ0v) is 17.7. The van der Waals surface area contributed by atoms with E-state index in [1.807, 2.05) is 0 Å². The first-order valence-electron chi connectivity index (χ1n) is 9.16. The minimum absolute atomic E-state index is 0.0278. The Balaban J connectivity index is 1.98. The number of esters is 2. The van der Waals surface area contributed by atoms with E-state index >= 15 is 0 Å². The highest BCUT2D eigenvalue weighted by atomic mass is 32.1. The van der Waals surface area contributed by atoms with E-state index < -0.39 is 53.5 Å². The molecule has 5 atom stereocenters. The van der Waals surface area contributed by atoms with Crippen LogP contribution in [-0.2, 0) is 28.5 Å². The Labute approximate surface area is 179 Å². The molecule has 170 valence electrons. The highest BCUT2D eigenvalue weighted by molar-refractivity contribution is 7.12. The summed E-state index contributed by atoms with van der Waals surface area (Å²) in [6.07, 6.45) is -4.40. The van der Waals surface area contributed by atoms with Crippen LogP contribution in [-0.4, -0.2) is 60.7 Å². The van der Waals surface area contributed by atoms with Crippen molar-refractivity contribution in [2.45, 2.75) is 51.1 Å². The molecule has 0 aromatic carbocycles. The second-order valence-electron chi connectivity index (χ2n) is 6.72. The lowest BCUT2D eigenvalue weighted by molar-refractivity contribution is -0.162. The number of nitrogens with one attached hydrogen (secondary N) is 2. The van der Waals surface area contributed by atoms with Gasteiger partial charge in [0.15, 0.2) is 12.3 Å². The smallest absolute Gasteiger partial charge is 0.311 e. The highest BCUT2D eigenvalue weighted by Crippen LogP contribution is 2.37. The lowest BCUT2D eigenvalue weighted by Crippen LogP contribution is -2.44. The summed E-state index contributed by atoms with van der Waals surface area (Å²) in [6, 6.07) is 0. The van der Waals surface area contributed by atoms with E-state index in [4.69, 9.17) is 24.8 Å². The molecule has 3 heterocycles. The third kappa shape index (κ3) is 4.83. The molecule has 3 rings (SSSR count). The van der Waals surface area contributed by atoms with Gasteiger partial charge in [-0.15, -0.1) is 5.11 Å². The first-order chi connectivity index (χ1) is 14.7. The van der Waals surface area contributed by atoms with E-state index in [0.29, 0.717) is 11.3 Å². The van der Waals surface area contributed by atoms with Crippen LogP contribution in [0.25, 0.3) is 0 Å². The number of aromatic nitrogens is 1. The maximum Gasteiger partial charge on any atom is 0.311 e. The van der Waals surface area contributed by atoms with Gasteiger partial charge in [0.05, 0.1) is 6.61 Å². The Morgan fingerprint density at radius 3 is 2.68 bits per heavy atom. The first kappa shape index (κ1) is 22.6. The summed E-state index contributed by atoms with van der Waals surface area (Å²) in [7, 11) is 1.43. The molecule has 2 aliphatic heterocycles. The second kappa shape index (κ2) is 9.40. The Bertz CT molecular complexity index is 945. The zero-order chi connectivity index (χ0) is 22.7. The fourth-order valence-electron chi connectivity index (χ4n) is 3.43. The van der Waals surface area contributed by atoms with Crippen molar-refractivity contribution in [3.05, 3.63) is 14.5 Å². The predicted octanol–water partition coefficient (Wildman–Crippen LogP) is -0.528. The molecule has 15 heteroatoms. The van der Waals surface area contributed by atoms with Crippen molar-refractivity contribution in [1.82, 2.24) is 9.88 Å². The van der Waals surface area contributed by atoms with Crippen molar-refractivity contribution in [3.63, 3.8) is 0 Å². The number of hydrogen-bond donors (Lipinski definition) is 3. The summed E-state index contributed by atoms with van der Waals surface area (Å²) in [5.74, 6) is 3.48. The Morgan fingerprint density at radius 2 is 2.06 bits per heavy atom. The number of hydrogen-bond acceptors (Lipinski definition) is 12. The van der Waals surface area contributed by atoms with Crippen molar-refractivity contribution in [3.8, 4) is 0 Å². The Kier molecular flexibility index (Phi) is 6.87. The van der Waals surface area contributed by atoms with Gasteiger partial charge in [-0.3, -0.25) is 23.7 Å². The molecule has 4 N–H and O–H groups in total. The van der Waals surface area contributed by atoms with Gasteiger partial charge in [0.25, 0.3) is 5.91 Å². The Hall–Kier alpha value is -3.04. The number of carbonyl (C=O) groups excluding carboxylic acids is 3. The SMILES string of the molecule is COCC(OC(C)=O)[C@@H]1C[C@@H](OC(C)=O)[C@H](n2c3c(sc2=O)C(=O)NC(N=NN)N3)O1. The maximum absolute atomic E-state index is 12.8. The van der Waals surface area contributed by atoms with E-state index in [1.54, 1.807) is 0 Å². The largest absolute Gasteiger partial charge is 0.458 e. The first-order valence-corrected chi connectivity index (χ1v) is 9.98. The average molecular weight is 458 g/mol. The molecule has 1 aromatic rings. The lowest BCUT2D eigenvalue weighted by atomic mass is 10.1. The second-order valence-corrected chi connectivity index (χ2v) is 7.68. The van der Waals surface area contributed by atoms with Gasteiger partial charge >= 0.3 is 16.8 Å². The molecule has 0 radical (unpaired) electrons. The Morgan fingerprint density at radius 1 is 1.32 bits per heavy atom. The van der Waals surface area contributed by atoms with Crippen LogP contribution in [0.3, 0.4) is 0 Å². The normalized spacial score (nSPS) is 26.1. The number of fused-ring (bicyclic) bond motifs is 1. The summed E-state index contributed by atoms with van der Waals surface area (Å²) >= 11 is 0.682. The molecule has 0 saturated carbocycles. The molecule has 0 bridgehead atoms. The molecule has 1 saturated heterocycles. The van der Waals surface area contributed by atoms with Crippen molar-refractivity contribution in [2.75, 3.05) is 19.0 Å². The van der Waals surface area contributed by atoms with Gasteiger partial charge < -0.3 is 35.4 Å². The molecule has 0 aliphatic carbocycles. The van der Waals surface area contributed by atoms with Crippen molar-refractivity contribution in [2.24, 2.45) is 16.2 Å². The highest BCUT2D eigenvalue weighted by Gasteiger charge is 2.46. The molecule has 2 aliphatic rings. The number of ether oxygens (including phenoxy) is 4. The maximum atomic E-state index is 12.8.